The van der Waals surface area contributed by atoms with Crippen molar-refractivity contribution in [2.45, 2.75) is 33.1 Å². The average Bonchev–Trinajstić information content (AvgIpc) is 2.50. The van der Waals surface area contributed by atoms with Crippen LogP contribution < -0.4 is 9.47 Å². The molecule has 0 amide bonds. The zero-order valence-electron chi connectivity index (χ0n) is 14.2. The second-order valence-corrected chi connectivity index (χ2v) is 8.18. The first-order chi connectivity index (χ1) is 11.2. The lowest BCUT2D eigenvalue weighted by Crippen LogP contribution is -2.17. The van der Waals surface area contributed by atoms with Crippen LogP contribution in [0, 0.1) is 0 Å². The Labute approximate surface area is 159 Å². The van der Waals surface area contributed by atoms with Gasteiger partial charge in [0.2, 0.25) is 0 Å². The van der Waals surface area contributed by atoms with E-state index in [1.165, 1.54) is 0 Å². The summed E-state index contributed by atoms with van der Waals surface area (Å²) in [6.45, 7) is 8.60. The number of esters is 1. The van der Waals surface area contributed by atoms with Gasteiger partial charge in [-0.25, -0.2) is 4.79 Å². The molecule has 0 N–H and O–H groups in total. The molecule has 0 aliphatic carbocycles. The highest BCUT2D eigenvalue weighted by Gasteiger charge is 2.23. The fraction of sp³-hybridized carbons (Fsp3) is 0.316. The van der Waals surface area contributed by atoms with Crippen molar-refractivity contribution in [1.82, 2.24) is 0 Å². The van der Waals surface area contributed by atoms with Crippen LogP contribution in [-0.4, -0.2) is 12.6 Å². The first kappa shape index (κ1) is 19.0. The van der Waals surface area contributed by atoms with Gasteiger partial charge in [0.15, 0.2) is 0 Å². The highest BCUT2D eigenvalue weighted by Crippen LogP contribution is 2.34. The number of hydrogen-bond acceptors (Lipinski definition) is 3. The maximum absolute atomic E-state index is 12.7. The third-order valence-electron chi connectivity index (χ3n) is 3.41. The molecule has 2 aromatic rings. The standard InChI is InChI=1S/C19H20Br2O3/c1-5-23-16-8-6-12(20)10-14(16)18(22)24-17-9-7-13(21)11-15(17)19(2,3)4/h6-11H,5H2,1-4H3. The first-order valence-electron chi connectivity index (χ1n) is 7.67. The van der Waals surface area contributed by atoms with Gasteiger partial charge >= 0.3 is 5.97 Å². The topological polar surface area (TPSA) is 35.5 Å². The predicted molar refractivity (Wildman–Crippen MR) is 103 cm³/mol. The van der Waals surface area contributed by atoms with Gasteiger partial charge in [-0.3, -0.25) is 0 Å². The minimum atomic E-state index is -0.437. The zero-order chi connectivity index (χ0) is 17.9. The summed E-state index contributed by atoms with van der Waals surface area (Å²) in [6.07, 6.45) is 0. The Balaban J connectivity index is 2.39. The van der Waals surface area contributed by atoms with Crippen LogP contribution in [0.4, 0.5) is 0 Å². The molecule has 0 heterocycles. The van der Waals surface area contributed by atoms with Crippen molar-refractivity contribution < 1.29 is 14.3 Å². The molecular formula is C19H20Br2O3. The Kier molecular flexibility index (Phi) is 6.10. The molecule has 2 rings (SSSR count). The molecule has 0 aliphatic rings. The Hall–Kier alpha value is -1.33. The van der Waals surface area contributed by atoms with E-state index in [0.29, 0.717) is 23.7 Å². The van der Waals surface area contributed by atoms with E-state index < -0.39 is 5.97 Å². The number of benzene rings is 2. The molecule has 0 saturated carbocycles. The van der Waals surface area contributed by atoms with E-state index >= 15 is 0 Å². The molecule has 3 nitrogen and oxygen atoms in total. The molecule has 0 spiro atoms. The molecule has 0 atom stereocenters. The summed E-state index contributed by atoms with van der Waals surface area (Å²) in [5, 5.41) is 0. The van der Waals surface area contributed by atoms with Crippen LogP contribution in [0.1, 0.15) is 43.6 Å². The molecule has 0 bridgehead atoms. The van der Waals surface area contributed by atoms with Gasteiger partial charge < -0.3 is 9.47 Å². The number of rotatable bonds is 4. The minimum absolute atomic E-state index is 0.153. The molecule has 0 radical (unpaired) electrons. The van der Waals surface area contributed by atoms with Gasteiger partial charge in [0, 0.05) is 14.5 Å². The number of hydrogen-bond donors (Lipinski definition) is 0. The van der Waals surface area contributed by atoms with E-state index in [-0.39, 0.29) is 5.41 Å². The van der Waals surface area contributed by atoms with Crippen molar-refractivity contribution in [2.75, 3.05) is 6.61 Å². The average molecular weight is 456 g/mol. The van der Waals surface area contributed by atoms with Gasteiger partial charge in [-0.1, -0.05) is 52.6 Å². The fourth-order valence-corrected chi connectivity index (χ4v) is 3.00. The SMILES string of the molecule is CCOc1ccc(Br)cc1C(=O)Oc1ccc(Br)cc1C(C)(C)C. The second kappa shape index (κ2) is 7.70. The van der Waals surface area contributed by atoms with Crippen molar-refractivity contribution in [2.24, 2.45) is 0 Å². The van der Waals surface area contributed by atoms with Crippen LogP contribution in [0.3, 0.4) is 0 Å². The molecule has 5 heteroatoms. The molecule has 0 unspecified atom stereocenters. The van der Waals surface area contributed by atoms with E-state index in [4.69, 9.17) is 9.47 Å². The number of carbonyl (C=O) groups is 1. The van der Waals surface area contributed by atoms with Crippen molar-refractivity contribution >= 4 is 37.8 Å². The normalized spacial score (nSPS) is 11.2. The molecular weight excluding hydrogens is 436 g/mol. The molecule has 2 aromatic carbocycles. The van der Waals surface area contributed by atoms with Crippen LogP contribution in [0.2, 0.25) is 0 Å². The molecule has 0 saturated heterocycles. The Bertz CT molecular complexity index is 749. The maximum atomic E-state index is 12.7. The van der Waals surface area contributed by atoms with Gasteiger partial charge in [0.25, 0.3) is 0 Å². The van der Waals surface area contributed by atoms with Crippen LogP contribution in [0.25, 0.3) is 0 Å². The third kappa shape index (κ3) is 4.61. The van der Waals surface area contributed by atoms with Gasteiger partial charge in [0.05, 0.1) is 6.61 Å². The van der Waals surface area contributed by atoms with Crippen molar-refractivity contribution in [3.05, 3.63) is 56.5 Å². The lowest BCUT2D eigenvalue weighted by atomic mass is 9.86. The van der Waals surface area contributed by atoms with Crippen LogP contribution in [-0.2, 0) is 5.41 Å². The molecule has 0 fully saturated rings. The van der Waals surface area contributed by atoms with E-state index in [1.807, 2.05) is 25.1 Å². The summed E-state index contributed by atoms with van der Waals surface area (Å²) in [4.78, 5) is 12.7. The van der Waals surface area contributed by atoms with Gasteiger partial charge in [-0.05, 0) is 48.7 Å². The van der Waals surface area contributed by atoms with Gasteiger partial charge in [-0.15, -0.1) is 0 Å². The smallest absolute Gasteiger partial charge is 0.347 e. The summed E-state index contributed by atoms with van der Waals surface area (Å²) in [6, 6.07) is 11.0. The summed E-state index contributed by atoms with van der Waals surface area (Å²) < 4.78 is 13.0. The van der Waals surface area contributed by atoms with E-state index in [0.717, 1.165) is 14.5 Å². The quantitative estimate of drug-likeness (QED) is 0.411. The fourth-order valence-electron chi connectivity index (χ4n) is 2.28. The van der Waals surface area contributed by atoms with Crippen molar-refractivity contribution in [3.63, 3.8) is 0 Å². The Morgan fingerprint density at radius 1 is 1.00 bits per heavy atom. The summed E-state index contributed by atoms with van der Waals surface area (Å²) in [5.41, 5.74) is 1.20. The number of ether oxygens (including phenoxy) is 2. The molecule has 0 aliphatic heterocycles. The molecule has 24 heavy (non-hydrogen) atoms. The van der Waals surface area contributed by atoms with Crippen molar-refractivity contribution in [1.29, 1.82) is 0 Å². The lowest BCUT2D eigenvalue weighted by Gasteiger charge is -2.22. The lowest BCUT2D eigenvalue weighted by molar-refractivity contribution is 0.0727. The van der Waals surface area contributed by atoms with Crippen LogP contribution in [0.5, 0.6) is 11.5 Å². The highest BCUT2D eigenvalue weighted by molar-refractivity contribution is 9.10. The predicted octanol–water partition coefficient (Wildman–Crippen LogP) is 6.13. The Morgan fingerprint density at radius 3 is 2.17 bits per heavy atom. The van der Waals surface area contributed by atoms with E-state index in [9.17, 15) is 4.79 Å². The zero-order valence-corrected chi connectivity index (χ0v) is 17.3. The highest BCUT2D eigenvalue weighted by atomic mass is 79.9. The largest absolute Gasteiger partial charge is 0.493 e. The monoisotopic (exact) mass is 454 g/mol. The van der Waals surface area contributed by atoms with E-state index in [1.54, 1.807) is 18.2 Å². The third-order valence-corrected chi connectivity index (χ3v) is 4.40. The van der Waals surface area contributed by atoms with Crippen LogP contribution >= 0.6 is 31.9 Å². The van der Waals surface area contributed by atoms with Gasteiger partial charge in [0.1, 0.15) is 17.1 Å². The summed E-state index contributed by atoms with van der Waals surface area (Å²) in [7, 11) is 0. The summed E-state index contributed by atoms with van der Waals surface area (Å²) in [5.74, 6) is 0.630. The maximum Gasteiger partial charge on any atom is 0.347 e. The number of carbonyl (C=O) groups excluding carboxylic acids is 1. The second-order valence-electron chi connectivity index (χ2n) is 6.35. The van der Waals surface area contributed by atoms with Crippen molar-refractivity contribution in [3.8, 4) is 11.5 Å². The first-order valence-corrected chi connectivity index (χ1v) is 9.25. The van der Waals surface area contributed by atoms with E-state index in [2.05, 4.69) is 52.6 Å². The molecule has 0 aromatic heterocycles. The number of halogens is 2. The molecule has 128 valence electrons. The summed E-state index contributed by atoms with van der Waals surface area (Å²) >= 11 is 6.86. The van der Waals surface area contributed by atoms with Crippen LogP contribution in [0.15, 0.2) is 45.3 Å². The Morgan fingerprint density at radius 2 is 1.58 bits per heavy atom. The van der Waals surface area contributed by atoms with Gasteiger partial charge in [-0.2, -0.15) is 0 Å². The minimum Gasteiger partial charge on any atom is -0.493 e.